The van der Waals surface area contributed by atoms with Gasteiger partial charge in [0.15, 0.2) is 0 Å². The molecule has 1 saturated carbocycles. The predicted octanol–water partition coefficient (Wildman–Crippen LogP) is 4.41. The Labute approximate surface area is 107 Å². The molecular formula is C16H30O. The quantitative estimate of drug-likeness (QED) is 0.711. The zero-order chi connectivity index (χ0) is 13.3. The molecule has 0 radical (unpaired) electrons. The van der Waals surface area contributed by atoms with Crippen molar-refractivity contribution in [2.75, 3.05) is 0 Å². The average molecular weight is 238 g/mol. The van der Waals surface area contributed by atoms with Gasteiger partial charge in [-0.05, 0) is 36.0 Å². The number of hydrogen-bond donors (Lipinski definition) is 0. The van der Waals surface area contributed by atoms with Crippen LogP contribution in [0.25, 0.3) is 0 Å². The van der Waals surface area contributed by atoms with Gasteiger partial charge in [-0.15, -0.1) is 0 Å². The Bertz CT molecular complexity index is 255. The van der Waals surface area contributed by atoms with Gasteiger partial charge in [0, 0.05) is 11.8 Å². The molecule has 1 aliphatic carbocycles. The summed E-state index contributed by atoms with van der Waals surface area (Å²) in [4.78, 5) is 12.5. The molecule has 0 saturated heterocycles. The minimum atomic E-state index is 0.234. The smallest absolute Gasteiger partial charge is 0.139 e. The van der Waals surface area contributed by atoms with Gasteiger partial charge < -0.3 is 0 Å². The fraction of sp³-hybridized carbons (Fsp3) is 0.938. The Kier molecular flexibility index (Phi) is 4.80. The highest BCUT2D eigenvalue weighted by atomic mass is 16.1. The Hall–Kier alpha value is -0.330. The first kappa shape index (κ1) is 14.7. The van der Waals surface area contributed by atoms with Crippen LogP contribution in [0.3, 0.4) is 0 Å². The summed E-state index contributed by atoms with van der Waals surface area (Å²) in [6.07, 6.45) is 0.979. The zero-order valence-electron chi connectivity index (χ0n) is 12.7. The Morgan fingerprint density at radius 2 is 1.24 bits per heavy atom. The van der Waals surface area contributed by atoms with Crippen molar-refractivity contribution >= 4 is 5.78 Å². The number of carbonyl (C=O) groups excluding carboxylic acids is 1. The van der Waals surface area contributed by atoms with Crippen LogP contribution in [0.15, 0.2) is 0 Å². The van der Waals surface area contributed by atoms with Crippen molar-refractivity contribution in [3.8, 4) is 0 Å². The monoisotopic (exact) mass is 238 g/mol. The van der Waals surface area contributed by atoms with Crippen LogP contribution in [0.4, 0.5) is 0 Å². The number of hydrogen-bond acceptors (Lipinski definition) is 1. The highest BCUT2D eigenvalue weighted by Crippen LogP contribution is 2.46. The van der Waals surface area contributed by atoms with Crippen LogP contribution in [0.1, 0.15) is 54.9 Å². The first-order valence-electron chi connectivity index (χ1n) is 7.36. The van der Waals surface area contributed by atoms with Crippen LogP contribution in [0.5, 0.6) is 0 Å². The van der Waals surface area contributed by atoms with E-state index >= 15 is 0 Å². The molecule has 1 aliphatic rings. The average Bonchev–Trinajstić information content (AvgIpc) is 2.32. The number of rotatable bonds is 3. The summed E-state index contributed by atoms with van der Waals surface area (Å²) < 4.78 is 0. The molecule has 0 N–H and O–H groups in total. The molecule has 0 bridgehead atoms. The van der Waals surface area contributed by atoms with Gasteiger partial charge in [-0.1, -0.05) is 48.5 Å². The van der Waals surface area contributed by atoms with E-state index in [1.54, 1.807) is 0 Å². The number of Topliss-reactive ketones (excluding diaryl/α,β-unsaturated/α-hetero) is 1. The predicted molar refractivity (Wildman–Crippen MR) is 73.8 cm³/mol. The molecule has 1 nitrogen and oxygen atoms in total. The van der Waals surface area contributed by atoms with Crippen molar-refractivity contribution in [1.82, 2.24) is 0 Å². The van der Waals surface area contributed by atoms with E-state index in [4.69, 9.17) is 0 Å². The molecule has 5 unspecified atom stereocenters. The first-order valence-corrected chi connectivity index (χ1v) is 7.36. The van der Waals surface area contributed by atoms with E-state index in [0.29, 0.717) is 29.5 Å². The molecule has 5 atom stereocenters. The molecular weight excluding hydrogens is 208 g/mol. The second-order valence-electron chi connectivity index (χ2n) is 6.53. The molecule has 100 valence electrons. The van der Waals surface area contributed by atoms with Gasteiger partial charge in [-0.3, -0.25) is 4.79 Å². The molecule has 1 fully saturated rings. The minimum Gasteiger partial charge on any atom is -0.299 e. The summed E-state index contributed by atoms with van der Waals surface area (Å²) in [6.45, 7) is 15.8. The van der Waals surface area contributed by atoms with Crippen LogP contribution in [0, 0.1) is 41.4 Å². The summed E-state index contributed by atoms with van der Waals surface area (Å²) in [6, 6.07) is 0. The van der Waals surface area contributed by atoms with Gasteiger partial charge in [0.1, 0.15) is 5.78 Å². The zero-order valence-corrected chi connectivity index (χ0v) is 12.7. The fourth-order valence-electron chi connectivity index (χ4n) is 3.62. The highest BCUT2D eigenvalue weighted by molar-refractivity contribution is 5.83. The minimum absolute atomic E-state index is 0.234. The van der Waals surface area contributed by atoms with Crippen LogP contribution in [0.2, 0.25) is 0 Å². The molecule has 0 amide bonds. The maximum absolute atomic E-state index is 12.5. The largest absolute Gasteiger partial charge is 0.299 e. The summed E-state index contributed by atoms with van der Waals surface area (Å²) in [5, 5.41) is 0. The van der Waals surface area contributed by atoms with Crippen molar-refractivity contribution in [1.29, 1.82) is 0 Å². The third-order valence-corrected chi connectivity index (χ3v) is 5.88. The van der Waals surface area contributed by atoms with E-state index in [1.807, 2.05) is 0 Å². The van der Waals surface area contributed by atoms with Crippen molar-refractivity contribution in [2.24, 2.45) is 41.4 Å². The van der Waals surface area contributed by atoms with Crippen molar-refractivity contribution in [2.45, 2.75) is 54.9 Å². The standard InChI is InChI=1S/C16H30O/c1-8-9(2)16(17)15-13(6)11(4)10(3)12(5)14(15)7/h9-15H,8H2,1-7H3. The summed E-state index contributed by atoms with van der Waals surface area (Å²) in [5.74, 6) is 4.18. The molecule has 0 aromatic rings. The third kappa shape index (κ3) is 2.58. The lowest BCUT2D eigenvalue weighted by molar-refractivity contribution is -0.135. The van der Waals surface area contributed by atoms with Crippen LogP contribution >= 0.6 is 0 Å². The second-order valence-corrected chi connectivity index (χ2v) is 6.53. The maximum Gasteiger partial charge on any atom is 0.139 e. The van der Waals surface area contributed by atoms with Crippen molar-refractivity contribution in [3.63, 3.8) is 0 Å². The summed E-state index contributed by atoms with van der Waals surface area (Å²) >= 11 is 0. The Morgan fingerprint density at radius 1 is 0.882 bits per heavy atom. The molecule has 0 aliphatic heterocycles. The molecule has 0 spiro atoms. The number of ketones is 1. The number of carbonyl (C=O) groups is 1. The molecule has 1 rings (SSSR count). The van der Waals surface area contributed by atoms with Gasteiger partial charge in [0.25, 0.3) is 0 Å². The topological polar surface area (TPSA) is 17.1 Å². The van der Waals surface area contributed by atoms with Gasteiger partial charge in [0.2, 0.25) is 0 Å². The highest BCUT2D eigenvalue weighted by Gasteiger charge is 2.44. The lowest BCUT2D eigenvalue weighted by Gasteiger charge is -2.47. The molecule has 1 heteroatoms. The van der Waals surface area contributed by atoms with Gasteiger partial charge >= 0.3 is 0 Å². The lowest BCUT2D eigenvalue weighted by atomic mass is 9.57. The summed E-state index contributed by atoms with van der Waals surface area (Å²) in [5.41, 5.74) is 0. The Morgan fingerprint density at radius 3 is 1.59 bits per heavy atom. The molecule has 0 aromatic carbocycles. The third-order valence-electron chi connectivity index (χ3n) is 5.88. The van der Waals surface area contributed by atoms with E-state index in [9.17, 15) is 4.79 Å². The van der Waals surface area contributed by atoms with Crippen LogP contribution in [-0.2, 0) is 4.79 Å². The molecule has 0 aromatic heterocycles. The maximum atomic E-state index is 12.5. The molecule has 17 heavy (non-hydrogen) atoms. The Balaban J connectivity index is 2.93. The normalized spacial score (nSPS) is 44.4. The second kappa shape index (κ2) is 5.54. The van der Waals surface area contributed by atoms with Gasteiger partial charge in [-0.2, -0.15) is 0 Å². The lowest BCUT2D eigenvalue weighted by Crippen LogP contribution is -2.45. The van der Waals surface area contributed by atoms with E-state index < -0.39 is 0 Å². The SMILES string of the molecule is CCC(C)C(=O)C1C(C)C(C)C(C)C(C)C1C. The first-order chi connectivity index (χ1) is 7.82. The van der Waals surface area contributed by atoms with E-state index in [1.165, 1.54) is 0 Å². The van der Waals surface area contributed by atoms with E-state index in [0.717, 1.165) is 12.3 Å². The van der Waals surface area contributed by atoms with Gasteiger partial charge in [0.05, 0.1) is 0 Å². The van der Waals surface area contributed by atoms with E-state index in [2.05, 4.69) is 48.5 Å². The van der Waals surface area contributed by atoms with Gasteiger partial charge in [-0.25, -0.2) is 0 Å². The van der Waals surface area contributed by atoms with Crippen LogP contribution in [-0.4, -0.2) is 5.78 Å². The van der Waals surface area contributed by atoms with Crippen molar-refractivity contribution < 1.29 is 4.79 Å². The van der Waals surface area contributed by atoms with Crippen LogP contribution < -0.4 is 0 Å². The van der Waals surface area contributed by atoms with E-state index in [-0.39, 0.29) is 11.8 Å². The molecule has 0 heterocycles. The summed E-state index contributed by atoms with van der Waals surface area (Å²) in [7, 11) is 0. The fourth-order valence-corrected chi connectivity index (χ4v) is 3.62. The van der Waals surface area contributed by atoms with Crippen molar-refractivity contribution in [3.05, 3.63) is 0 Å².